The molecule has 0 unspecified atom stereocenters. The summed E-state index contributed by atoms with van der Waals surface area (Å²) in [6.07, 6.45) is 1.77. The van der Waals surface area contributed by atoms with Gasteiger partial charge in [0.2, 0.25) is 0 Å². The first-order chi connectivity index (χ1) is 8.90. The van der Waals surface area contributed by atoms with Crippen molar-refractivity contribution in [1.82, 2.24) is 10.5 Å². The van der Waals surface area contributed by atoms with Crippen LogP contribution >= 0.6 is 0 Å². The molecular formula is C15H14N2O. The van der Waals surface area contributed by atoms with Crippen molar-refractivity contribution >= 4 is 10.8 Å². The molecule has 1 heterocycles. The van der Waals surface area contributed by atoms with Gasteiger partial charge in [-0.1, -0.05) is 47.6 Å². The third-order valence-corrected chi connectivity index (χ3v) is 3.05. The molecule has 0 spiro atoms. The zero-order chi connectivity index (χ0) is 12.4. The molecule has 1 N–H and O–H groups in total. The highest BCUT2D eigenvalue weighted by atomic mass is 16.5. The fourth-order valence-corrected chi connectivity index (χ4v) is 2.22. The quantitative estimate of drug-likeness (QED) is 0.761. The van der Waals surface area contributed by atoms with Crippen LogP contribution in [0.25, 0.3) is 22.1 Å². The lowest BCUT2D eigenvalue weighted by Crippen LogP contribution is -2.04. The van der Waals surface area contributed by atoms with Gasteiger partial charge >= 0.3 is 0 Å². The number of benzene rings is 2. The summed E-state index contributed by atoms with van der Waals surface area (Å²) < 4.78 is 5.42. The molecule has 2 aromatic carbocycles. The SMILES string of the molecule is CNCc1cnoc1-c1cccc2ccccc12. The smallest absolute Gasteiger partial charge is 0.171 e. The Morgan fingerprint density at radius 1 is 1.11 bits per heavy atom. The molecule has 0 bridgehead atoms. The molecule has 3 rings (SSSR count). The van der Waals surface area contributed by atoms with Crippen LogP contribution < -0.4 is 5.32 Å². The summed E-state index contributed by atoms with van der Waals surface area (Å²) in [6.45, 7) is 0.752. The molecule has 3 aromatic rings. The second-order valence-corrected chi connectivity index (χ2v) is 4.24. The third kappa shape index (κ3) is 1.79. The lowest BCUT2D eigenvalue weighted by molar-refractivity contribution is 0.432. The second-order valence-electron chi connectivity index (χ2n) is 4.24. The Labute approximate surface area is 105 Å². The highest BCUT2D eigenvalue weighted by Gasteiger charge is 2.12. The zero-order valence-corrected chi connectivity index (χ0v) is 10.2. The van der Waals surface area contributed by atoms with E-state index in [1.165, 1.54) is 10.8 Å². The molecule has 0 radical (unpaired) electrons. The van der Waals surface area contributed by atoms with E-state index in [-0.39, 0.29) is 0 Å². The van der Waals surface area contributed by atoms with Crippen molar-refractivity contribution in [1.29, 1.82) is 0 Å². The van der Waals surface area contributed by atoms with Crippen LogP contribution in [0.5, 0.6) is 0 Å². The Kier molecular flexibility index (Phi) is 2.82. The minimum absolute atomic E-state index is 0.752. The first kappa shape index (κ1) is 11.0. The van der Waals surface area contributed by atoms with E-state index >= 15 is 0 Å². The number of rotatable bonds is 3. The normalized spacial score (nSPS) is 10.9. The molecule has 90 valence electrons. The molecule has 1 aromatic heterocycles. The lowest BCUT2D eigenvalue weighted by atomic mass is 10.0. The molecule has 0 saturated carbocycles. The Balaban J connectivity index is 2.22. The van der Waals surface area contributed by atoms with Gasteiger partial charge in [-0.15, -0.1) is 0 Å². The van der Waals surface area contributed by atoms with Crippen LogP contribution in [0.15, 0.2) is 53.2 Å². The molecule has 0 atom stereocenters. The molecule has 0 saturated heterocycles. The van der Waals surface area contributed by atoms with Gasteiger partial charge in [-0.05, 0) is 17.8 Å². The highest BCUT2D eigenvalue weighted by molar-refractivity contribution is 5.95. The standard InChI is InChI=1S/C15H14N2O/c1-16-9-12-10-17-18-15(12)14-8-4-6-11-5-2-3-7-13(11)14/h2-8,10,16H,9H2,1H3. The Bertz CT molecular complexity index is 668. The number of nitrogens with one attached hydrogen (secondary N) is 1. The average molecular weight is 238 g/mol. The maximum Gasteiger partial charge on any atom is 0.171 e. The summed E-state index contributed by atoms with van der Waals surface area (Å²) in [4.78, 5) is 0. The molecule has 3 heteroatoms. The zero-order valence-electron chi connectivity index (χ0n) is 10.2. The van der Waals surface area contributed by atoms with Crippen molar-refractivity contribution in [3.8, 4) is 11.3 Å². The van der Waals surface area contributed by atoms with Gasteiger partial charge in [0.1, 0.15) is 0 Å². The van der Waals surface area contributed by atoms with Crippen molar-refractivity contribution < 1.29 is 4.52 Å². The van der Waals surface area contributed by atoms with Gasteiger partial charge in [0.05, 0.1) is 6.20 Å². The predicted molar refractivity (Wildman–Crippen MR) is 72.2 cm³/mol. The largest absolute Gasteiger partial charge is 0.356 e. The number of hydrogen-bond acceptors (Lipinski definition) is 3. The van der Waals surface area contributed by atoms with Crippen LogP contribution in [0.1, 0.15) is 5.56 Å². The maximum atomic E-state index is 5.42. The minimum atomic E-state index is 0.752. The van der Waals surface area contributed by atoms with E-state index in [2.05, 4.69) is 34.7 Å². The average Bonchev–Trinajstić information content (AvgIpc) is 2.87. The summed E-state index contributed by atoms with van der Waals surface area (Å²) >= 11 is 0. The van der Waals surface area contributed by atoms with E-state index in [0.717, 1.165) is 23.4 Å². The summed E-state index contributed by atoms with van der Waals surface area (Å²) in [5.74, 6) is 0.848. The number of fused-ring (bicyclic) bond motifs is 1. The summed E-state index contributed by atoms with van der Waals surface area (Å²) in [5, 5.41) is 9.44. The first-order valence-corrected chi connectivity index (χ1v) is 5.96. The molecule has 3 nitrogen and oxygen atoms in total. The van der Waals surface area contributed by atoms with Crippen LogP contribution in [0, 0.1) is 0 Å². The first-order valence-electron chi connectivity index (χ1n) is 5.96. The van der Waals surface area contributed by atoms with Gasteiger partial charge in [-0.25, -0.2) is 0 Å². The number of aromatic nitrogens is 1. The van der Waals surface area contributed by atoms with Crippen molar-refractivity contribution in [3.05, 3.63) is 54.2 Å². The Morgan fingerprint density at radius 3 is 2.83 bits per heavy atom. The van der Waals surface area contributed by atoms with Gasteiger partial charge < -0.3 is 9.84 Å². The highest BCUT2D eigenvalue weighted by Crippen LogP contribution is 2.30. The van der Waals surface area contributed by atoms with Crippen molar-refractivity contribution in [3.63, 3.8) is 0 Å². The molecule has 0 amide bonds. The fourth-order valence-electron chi connectivity index (χ4n) is 2.22. The van der Waals surface area contributed by atoms with Gasteiger partial charge in [0.15, 0.2) is 5.76 Å². The van der Waals surface area contributed by atoms with Crippen LogP contribution in [-0.4, -0.2) is 12.2 Å². The van der Waals surface area contributed by atoms with Crippen molar-refractivity contribution in [2.45, 2.75) is 6.54 Å². The van der Waals surface area contributed by atoms with E-state index in [4.69, 9.17) is 4.52 Å². The van der Waals surface area contributed by atoms with Crippen LogP contribution in [0.3, 0.4) is 0 Å². The third-order valence-electron chi connectivity index (χ3n) is 3.05. The van der Waals surface area contributed by atoms with Crippen LogP contribution in [0.2, 0.25) is 0 Å². The molecule has 0 fully saturated rings. The van der Waals surface area contributed by atoms with Crippen molar-refractivity contribution in [2.75, 3.05) is 7.05 Å². The lowest BCUT2D eigenvalue weighted by Gasteiger charge is -2.05. The molecule has 0 aliphatic carbocycles. The van der Waals surface area contributed by atoms with E-state index in [1.807, 2.05) is 25.2 Å². The fraction of sp³-hybridized carbons (Fsp3) is 0.133. The molecule has 0 aliphatic heterocycles. The van der Waals surface area contributed by atoms with E-state index in [1.54, 1.807) is 6.20 Å². The summed E-state index contributed by atoms with van der Waals surface area (Å²) in [7, 11) is 1.92. The number of hydrogen-bond donors (Lipinski definition) is 1. The molecule has 0 aliphatic rings. The Morgan fingerprint density at radius 2 is 1.94 bits per heavy atom. The number of nitrogens with zero attached hydrogens (tertiary/aromatic N) is 1. The van der Waals surface area contributed by atoms with Gasteiger partial charge in [0, 0.05) is 17.7 Å². The van der Waals surface area contributed by atoms with Gasteiger partial charge in [0.25, 0.3) is 0 Å². The predicted octanol–water partition coefficient (Wildman–Crippen LogP) is 3.21. The minimum Gasteiger partial charge on any atom is -0.356 e. The van der Waals surface area contributed by atoms with E-state index < -0.39 is 0 Å². The van der Waals surface area contributed by atoms with E-state index in [0.29, 0.717) is 0 Å². The maximum absolute atomic E-state index is 5.42. The van der Waals surface area contributed by atoms with Crippen LogP contribution in [0.4, 0.5) is 0 Å². The monoisotopic (exact) mass is 238 g/mol. The molecular weight excluding hydrogens is 224 g/mol. The van der Waals surface area contributed by atoms with Crippen LogP contribution in [-0.2, 0) is 6.54 Å². The van der Waals surface area contributed by atoms with E-state index in [9.17, 15) is 0 Å². The summed E-state index contributed by atoms with van der Waals surface area (Å²) in [5.41, 5.74) is 2.17. The Hall–Kier alpha value is -2.13. The molecule has 18 heavy (non-hydrogen) atoms. The van der Waals surface area contributed by atoms with Gasteiger partial charge in [-0.3, -0.25) is 0 Å². The van der Waals surface area contributed by atoms with Crippen molar-refractivity contribution in [2.24, 2.45) is 0 Å². The van der Waals surface area contributed by atoms with Gasteiger partial charge in [-0.2, -0.15) is 0 Å². The second kappa shape index (κ2) is 4.63. The summed E-state index contributed by atoms with van der Waals surface area (Å²) in [6, 6.07) is 14.5. The topological polar surface area (TPSA) is 38.1 Å².